The Morgan fingerprint density at radius 1 is 1.41 bits per heavy atom. The SMILES string of the molecule is COc1cccc(OC(C)CC2CCNC2)c1. The Morgan fingerprint density at radius 3 is 2.94 bits per heavy atom. The van der Waals surface area contributed by atoms with Gasteiger partial charge in [-0.25, -0.2) is 0 Å². The Labute approximate surface area is 103 Å². The molecule has 0 aliphatic carbocycles. The topological polar surface area (TPSA) is 30.5 Å². The molecule has 2 atom stereocenters. The average molecular weight is 235 g/mol. The quantitative estimate of drug-likeness (QED) is 0.850. The second kappa shape index (κ2) is 5.92. The number of hydrogen-bond donors (Lipinski definition) is 1. The van der Waals surface area contributed by atoms with Crippen molar-refractivity contribution >= 4 is 0 Å². The molecule has 94 valence electrons. The van der Waals surface area contributed by atoms with Crippen LogP contribution in [0, 0.1) is 5.92 Å². The summed E-state index contributed by atoms with van der Waals surface area (Å²) in [5, 5.41) is 3.38. The molecular weight excluding hydrogens is 214 g/mol. The van der Waals surface area contributed by atoms with Gasteiger partial charge in [-0.05, 0) is 50.9 Å². The summed E-state index contributed by atoms with van der Waals surface area (Å²) in [6.07, 6.45) is 2.64. The van der Waals surface area contributed by atoms with E-state index in [0.717, 1.165) is 36.9 Å². The van der Waals surface area contributed by atoms with Crippen LogP contribution in [0.3, 0.4) is 0 Å². The summed E-state index contributed by atoms with van der Waals surface area (Å²) in [4.78, 5) is 0. The van der Waals surface area contributed by atoms with Gasteiger partial charge in [0.2, 0.25) is 0 Å². The van der Waals surface area contributed by atoms with Crippen molar-refractivity contribution in [2.24, 2.45) is 5.92 Å². The standard InChI is InChI=1S/C14H21NO2/c1-11(8-12-6-7-15-10-12)17-14-5-3-4-13(9-14)16-2/h3-5,9,11-12,15H,6-8,10H2,1-2H3. The molecule has 1 aromatic carbocycles. The first-order valence-corrected chi connectivity index (χ1v) is 6.29. The highest BCUT2D eigenvalue weighted by atomic mass is 16.5. The number of benzene rings is 1. The number of rotatable bonds is 5. The molecule has 3 nitrogen and oxygen atoms in total. The van der Waals surface area contributed by atoms with E-state index in [-0.39, 0.29) is 6.10 Å². The predicted octanol–water partition coefficient (Wildman–Crippen LogP) is 2.46. The van der Waals surface area contributed by atoms with Gasteiger partial charge in [-0.3, -0.25) is 0 Å². The molecule has 1 aliphatic rings. The molecule has 17 heavy (non-hydrogen) atoms. The minimum atomic E-state index is 0.256. The molecule has 1 fully saturated rings. The van der Waals surface area contributed by atoms with Gasteiger partial charge in [-0.15, -0.1) is 0 Å². The van der Waals surface area contributed by atoms with E-state index in [4.69, 9.17) is 9.47 Å². The molecule has 0 saturated carbocycles. The fourth-order valence-corrected chi connectivity index (χ4v) is 2.34. The first kappa shape index (κ1) is 12.2. The van der Waals surface area contributed by atoms with Crippen molar-refractivity contribution in [3.63, 3.8) is 0 Å². The third-order valence-corrected chi connectivity index (χ3v) is 3.21. The van der Waals surface area contributed by atoms with Crippen LogP contribution in [0.5, 0.6) is 11.5 Å². The van der Waals surface area contributed by atoms with Gasteiger partial charge in [0.1, 0.15) is 11.5 Å². The summed E-state index contributed by atoms with van der Waals surface area (Å²) in [6.45, 7) is 4.42. The molecule has 3 heteroatoms. The number of hydrogen-bond acceptors (Lipinski definition) is 3. The largest absolute Gasteiger partial charge is 0.497 e. The smallest absolute Gasteiger partial charge is 0.123 e. The molecule has 1 heterocycles. The highest BCUT2D eigenvalue weighted by Crippen LogP contribution is 2.22. The summed E-state index contributed by atoms with van der Waals surface area (Å²) in [5.41, 5.74) is 0. The number of methoxy groups -OCH3 is 1. The van der Waals surface area contributed by atoms with Gasteiger partial charge in [-0.1, -0.05) is 6.07 Å². The highest BCUT2D eigenvalue weighted by Gasteiger charge is 2.18. The molecule has 1 N–H and O–H groups in total. The van der Waals surface area contributed by atoms with Crippen LogP contribution in [0.2, 0.25) is 0 Å². The predicted molar refractivity (Wildman–Crippen MR) is 68.7 cm³/mol. The van der Waals surface area contributed by atoms with E-state index in [1.54, 1.807) is 7.11 Å². The van der Waals surface area contributed by atoms with Crippen molar-refractivity contribution in [3.05, 3.63) is 24.3 Å². The minimum absolute atomic E-state index is 0.256. The van der Waals surface area contributed by atoms with Crippen LogP contribution in [-0.2, 0) is 0 Å². The van der Waals surface area contributed by atoms with Gasteiger partial charge < -0.3 is 14.8 Å². The normalized spacial score (nSPS) is 21.2. The Hall–Kier alpha value is -1.22. The van der Waals surface area contributed by atoms with E-state index in [1.807, 2.05) is 24.3 Å². The summed E-state index contributed by atoms with van der Waals surface area (Å²) in [7, 11) is 1.67. The van der Waals surface area contributed by atoms with Gasteiger partial charge in [0.05, 0.1) is 13.2 Å². The zero-order valence-electron chi connectivity index (χ0n) is 10.6. The molecule has 0 radical (unpaired) electrons. The average Bonchev–Trinajstić information content (AvgIpc) is 2.82. The molecule has 2 unspecified atom stereocenters. The fourth-order valence-electron chi connectivity index (χ4n) is 2.34. The molecule has 0 amide bonds. The van der Waals surface area contributed by atoms with Gasteiger partial charge >= 0.3 is 0 Å². The first-order valence-electron chi connectivity index (χ1n) is 6.29. The van der Waals surface area contributed by atoms with Crippen LogP contribution in [0.4, 0.5) is 0 Å². The van der Waals surface area contributed by atoms with Crippen molar-refractivity contribution in [3.8, 4) is 11.5 Å². The summed E-state index contributed by atoms with van der Waals surface area (Å²) >= 11 is 0. The Morgan fingerprint density at radius 2 is 2.24 bits per heavy atom. The summed E-state index contributed by atoms with van der Waals surface area (Å²) < 4.78 is 11.1. The lowest BCUT2D eigenvalue weighted by atomic mass is 10.0. The fraction of sp³-hybridized carbons (Fsp3) is 0.571. The Bertz CT molecular complexity index is 348. The lowest BCUT2D eigenvalue weighted by Gasteiger charge is -2.18. The Kier molecular flexibility index (Phi) is 4.26. The summed E-state index contributed by atoms with van der Waals surface area (Å²) in [6, 6.07) is 7.80. The molecule has 0 spiro atoms. The first-order chi connectivity index (χ1) is 8.28. The maximum absolute atomic E-state index is 5.91. The van der Waals surface area contributed by atoms with E-state index in [2.05, 4.69) is 12.2 Å². The van der Waals surface area contributed by atoms with E-state index in [1.165, 1.54) is 6.42 Å². The van der Waals surface area contributed by atoms with Crippen LogP contribution in [-0.4, -0.2) is 26.3 Å². The van der Waals surface area contributed by atoms with E-state index in [0.29, 0.717) is 0 Å². The lowest BCUT2D eigenvalue weighted by molar-refractivity contribution is 0.188. The van der Waals surface area contributed by atoms with Crippen molar-refractivity contribution in [2.75, 3.05) is 20.2 Å². The van der Waals surface area contributed by atoms with Crippen LogP contribution >= 0.6 is 0 Å². The van der Waals surface area contributed by atoms with Gasteiger partial charge in [-0.2, -0.15) is 0 Å². The zero-order chi connectivity index (χ0) is 12.1. The molecule has 1 saturated heterocycles. The van der Waals surface area contributed by atoms with E-state index >= 15 is 0 Å². The van der Waals surface area contributed by atoms with Crippen LogP contribution in [0.1, 0.15) is 19.8 Å². The van der Waals surface area contributed by atoms with Crippen molar-refractivity contribution in [2.45, 2.75) is 25.9 Å². The monoisotopic (exact) mass is 235 g/mol. The number of nitrogens with one attached hydrogen (secondary N) is 1. The van der Waals surface area contributed by atoms with Gasteiger partial charge in [0.15, 0.2) is 0 Å². The molecule has 2 rings (SSSR count). The van der Waals surface area contributed by atoms with Crippen molar-refractivity contribution in [1.82, 2.24) is 5.32 Å². The lowest BCUT2D eigenvalue weighted by Crippen LogP contribution is -2.18. The second-order valence-corrected chi connectivity index (χ2v) is 4.70. The maximum atomic E-state index is 5.91. The number of ether oxygens (including phenoxy) is 2. The molecule has 1 aliphatic heterocycles. The van der Waals surface area contributed by atoms with Crippen LogP contribution in [0.15, 0.2) is 24.3 Å². The molecule has 1 aromatic rings. The zero-order valence-corrected chi connectivity index (χ0v) is 10.6. The second-order valence-electron chi connectivity index (χ2n) is 4.70. The van der Waals surface area contributed by atoms with Gasteiger partial charge in [0, 0.05) is 6.07 Å². The van der Waals surface area contributed by atoms with E-state index in [9.17, 15) is 0 Å². The van der Waals surface area contributed by atoms with Gasteiger partial charge in [0.25, 0.3) is 0 Å². The van der Waals surface area contributed by atoms with Crippen LogP contribution < -0.4 is 14.8 Å². The van der Waals surface area contributed by atoms with Crippen molar-refractivity contribution in [1.29, 1.82) is 0 Å². The molecule has 0 aromatic heterocycles. The van der Waals surface area contributed by atoms with Crippen molar-refractivity contribution < 1.29 is 9.47 Å². The highest BCUT2D eigenvalue weighted by molar-refractivity contribution is 5.32. The maximum Gasteiger partial charge on any atom is 0.123 e. The third-order valence-electron chi connectivity index (χ3n) is 3.21. The van der Waals surface area contributed by atoms with Crippen LogP contribution in [0.25, 0.3) is 0 Å². The molecular formula is C14H21NO2. The third kappa shape index (κ3) is 3.63. The van der Waals surface area contributed by atoms with E-state index < -0.39 is 0 Å². The molecule has 0 bridgehead atoms. The minimum Gasteiger partial charge on any atom is -0.497 e. The Balaban J connectivity index is 1.85. The summed E-state index contributed by atoms with van der Waals surface area (Å²) in [5.74, 6) is 2.50.